The molecule has 0 saturated carbocycles. The third-order valence-corrected chi connectivity index (χ3v) is 7.25. The number of sulfonamides is 1. The molecule has 0 bridgehead atoms. The van der Waals surface area contributed by atoms with E-state index in [9.17, 15) is 18.0 Å². The first-order chi connectivity index (χ1) is 17.0. The molecule has 8 heteroatoms. The highest BCUT2D eigenvalue weighted by molar-refractivity contribution is 7.92. The van der Waals surface area contributed by atoms with E-state index in [0.717, 1.165) is 28.7 Å². The Morgan fingerprint density at radius 2 is 1.56 bits per heavy atom. The SMILES string of the molecule is CCCNC(=O)[C@H](CC)N(Cc1ccc(C)cc1)C(=O)CCCN(c1cc(C)cc(C)c1)S(C)(=O)=O. The van der Waals surface area contributed by atoms with Gasteiger partial charge in [0.1, 0.15) is 6.04 Å². The smallest absolute Gasteiger partial charge is 0.242 e. The second-order valence-corrected chi connectivity index (χ2v) is 11.4. The number of anilines is 1. The van der Waals surface area contributed by atoms with Crippen molar-refractivity contribution in [1.29, 1.82) is 0 Å². The van der Waals surface area contributed by atoms with Gasteiger partial charge >= 0.3 is 0 Å². The number of benzene rings is 2. The fraction of sp³-hybridized carbons (Fsp3) is 0.500. The normalized spacial score (nSPS) is 12.2. The summed E-state index contributed by atoms with van der Waals surface area (Å²) in [5, 5.41) is 2.92. The summed E-state index contributed by atoms with van der Waals surface area (Å²) in [5.74, 6) is -0.323. The topological polar surface area (TPSA) is 86.8 Å². The zero-order valence-corrected chi connectivity index (χ0v) is 23.3. The van der Waals surface area contributed by atoms with Crippen LogP contribution in [-0.4, -0.2) is 50.5 Å². The lowest BCUT2D eigenvalue weighted by atomic mass is 10.1. The molecule has 2 rings (SSSR count). The summed E-state index contributed by atoms with van der Waals surface area (Å²) in [6.45, 7) is 10.8. The molecule has 0 saturated heterocycles. The lowest BCUT2D eigenvalue weighted by Crippen LogP contribution is -2.49. The minimum absolute atomic E-state index is 0.139. The van der Waals surface area contributed by atoms with E-state index >= 15 is 0 Å². The number of aryl methyl sites for hydroxylation is 3. The molecule has 2 amide bonds. The Morgan fingerprint density at radius 3 is 2.08 bits per heavy atom. The van der Waals surface area contributed by atoms with E-state index in [1.54, 1.807) is 4.90 Å². The molecule has 2 aromatic carbocycles. The number of carbonyl (C=O) groups excluding carboxylic acids is 2. The van der Waals surface area contributed by atoms with Crippen LogP contribution in [0.15, 0.2) is 42.5 Å². The Labute approximate surface area is 216 Å². The van der Waals surface area contributed by atoms with Crippen molar-refractivity contribution in [2.45, 2.75) is 72.9 Å². The second kappa shape index (κ2) is 13.4. The first kappa shape index (κ1) is 29.4. The maximum absolute atomic E-state index is 13.4. The number of nitrogens with zero attached hydrogens (tertiary/aromatic N) is 2. The molecule has 198 valence electrons. The summed E-state index contributed by atoms with van der Waals surface area (Å²) in [5.41, 5.74) is 4.62. The second-order valence-electron chi connectivity index (χ2n) is 9.51. The van der Waals surface area contributed by atoms with Crippen LogP contribution in [0, 0.1) is 20.8 Å². The number of rotatable bonds is 13. The average molecular weight is 516 g/mol. The van der Waals surface area contributed by atoms with Crippen LogP contribution in [0.4, 0.5) is 5.69 Å². The highest BCUT2D eigenvalue weighted by Crippen LogP contribution is 2.22. The van der Waals surface area contributed by atoms with Crippen molar-refractivity contribution >= 4 is 27.5 Å². The minimum atomic E-state index is -3.52. The fourth-order valence-corrected chi connectivity index (χ4v) is 5.22. The standard InChI is InChI=1S/C28H41N3O4S/c1-7-15-29-28(33)26(8-2)30(20-24-13-11-21(3)12-14-24)27(32)10-9-16-31(36(6,34)35)25-18-22(4)17-23(5)19-25/h11-14,17-19,26H,7-10,15-16,20H2,1-6H3,(H,29,33)/t26-/m0/s1. The third kappa shape index (κ3) is 8.66. The van der Waals surface area contributed by atoms with Crippen LogP contribution < -0.4 is 9.62 Å². The van der Waals surface area contributed by atoms with E-state index in [2.05, 4.69) is 5.32 Å². The van der Waals surface area contributed by atoms with Gasteiger partial charge in [-0.15, -0.1) is 0 Å². The number of nitrogens with one attached hydrogen (secondary N) is 1. The van der Waals surface area contributed by atoms with Gasteiger partial charge in [-0.2, -0.15) is 0 Å². The van der Waals surface area contributed by atoms with E-state index in [1.165, 1.54) is 10.6 Å². The van der Waals surface area contributed by atoms with Gasteiger partial charge in [-0.1, -0.05) is 49.7 Å². The van der Waals surface area contributed by atoms with Gasteiger partial charge in [0, 0.05) is 26.1 Å². The van der Waals surface area contributed by atoms with Gasteiger partial charge in [0.2, 0.25) is 21.8 Å². The molecule has 1 N–H and O–H groups in total. The summed E-state index contributed by atoms with van der Waals surface area (Å²) in [6.07, 6.45) is 2.97. The quantitative estimate of drug-likeness (QED) is 0.426. The van der Waals surface area contributed by atoms with Crippen LogP contribution in [0.2, 0.25) is 0 Å². The fourth-order valence-electron chi connectivity index (χ4n) is 4.27. The van der Waals surface area contributed by atoms with Gasteiger partial charge in [0.15, 0.2) is 0 Å². The summed E-state index contributed by atoms with van der Waals surface area (Å²) in [7, 11) is -3.52. The molecule has 36 heavy (non-hydrogen) atoms. The Hall–Kier alpha value is -2.87. The van der Waals surface area contributed by atoms with Crippen LogP contribution >= 0.6 is 0 Å². The average Bonchev–Trinajstić information content (AvgIpc) is 2.79. The lowest BCUT2D eigenvalue weighted by Gasteiger charge is -2.31. The molecule has 0 fully saturated rings. The summed E-state index contributed by atoms with van der Waals surface area (Å²) in [6, 6.07) is 13.0. The Morgan fingerprint density at radius 1 is 0.944 bits per heavy atom. The van der Waals surface area contributed by atoms with Gasteiger partial charge in [0.05, 0.1) is 11.9 Å². The van der Waals surface area contributed by atoms with Gasteiger partial charge in [-0.3, -0.25) is 13.9 Å². The van der Waals surface area contributed by atoms with E-state index < -0.39 is 16.1 Å². The molecule has 0 spiro atoms. The van der Waals surface area contributed by atoms with Gasteiger partial charge in [-0.25, -0.2) is 8.42 Å². The molecule has 0 aliphatic carbocycles. The first-order valence-electron chi connectivity index (χ1n) is 12.6. The Kier molecular flexibility index (Phi) is 11.0. The molecule has 7 nitrogen and oxygen atoms in total. The number of carbonyl (C=O) groups is 2. The van der Waals surface area contributed by atoms with Crippen molar-refractivity contribution in [3.8, 4) is 0 Å². The third-order valence-electron chi connectivity index (χ3n) is 6.06. The highest BCUT2D eigenvalue weighted by atomic mass is 32.2. The number of hydrogen-bond acceptors (Lipinski definition) is 4. The van der Waals surface area contributed by atoms with Crippen molar-refractivity contribution in [3.05, 3.63) is 64.7 Å². The van der Waals surface area contributed by atoms with Crippen molar-refractivity contribution in [2.24, 2.45) is 0 Å². The molecule has 2 aromatic rings. The number of hydrogen-bond donors (Lipinski definition) is 1. The van der Waals surface area contributed by atoms with Crippen LogP contribution in [-0.2, 0) is 26.2 Å². The first-order valence-corrected chi connectivity index (χ1v) is 14.5. The molecular formula is C28H41N3O4S. The molecular weight excluding hydrogens is 474 g/mol. The Balaban J connectivity index is 2.22. The van der Waals surface area contributed by atoms with Gasteiger partial charge in [-0.05, 0) is 68.9 Å². The van der Waals surface area contributed by atoms with E-state index in [1.807, 2.05) is 77.1 Å². The van der Waals surface area contributed by atoms with Crippen molar-refractivity contribution in [1.82, 2.24) is 10.2 Å². The van der Waals surface area contributed by atoms with Crippen molar-refractivity contribution in [2.75, 3.05) is 23.7 Å². The summed E-state index contributed by atoms with van der Waals surface area (Å²) < 4.78 is 26.5. The van der Waals surface area contributed by atoms with Gasteiger partial charge < -0.3 is 10.2 Å². The molecule has 0 unspecified atom stereocenters. The maximum atomic E-state index is 13.4. The van der Waals surface area contributed by atoms with E-state index in [4.69, 9.17) is 0 Å². The number of amides is 2. The molecule has 0 aliphatic heterocycles. The predicted molar refractivity (Wildman–Crippen MR) is 146 cm³/mol. The van der Waals surface area contributed by atoms with Crippen LogP contribution in [0.5, 0.6) is 0 Å². The van der Waals surface area contributed by atoms with Crippen molar-refractivity contribution in [3.63, 3.8) is 0 Å². The maximum Gasteiger partial charge on any atom is 0.242 e. The molecule has 0 aromatic heterocycles. The van der Waals surface area contributed by atoms with Crippen LogP contribution in [0.3, 0.4) is 0 Å². The van der Waals surface area contributed by atoms with Crippen molar-refractivity contribution < 1.29 is 18.0 Å². The van der Waals surface area contributed by atoms with E-state index in [-0.39, 0.29) is 24.8 Å². The molecule has 0 aliphatic rings. The van der Waals surface area contributed by atoms with Gasteiger partial charge in [0.25, 0.3) is 0 Å². The zero-order chi connectivity index (χ0) is 26.9. The summed E-state index contributed by atoms with van der Waals surface area (Å²) in [4.78, 5) is 28.0. The summed E-state index contributed by atoms with van der Waals surface area (Å²) >= 11 is 0. The molecule has 1 atom stereocenters. The van der Waals surface area contributed by atoms with Crippen LogP contribution in [0.25, 0.3) is 0 Å². The Bertz CT molecular complexity index is 1110. The molecule has 0 radical (unpaired) electrons. The van der Waals surface area contributed by atoms with E-state index in [0.29, 0.717) is 31.6 Å². The molecule has 0 heterocycles. The predicted octanol–water partition coefficient (Wildman–Crippen LogP) is 4.49. The largest absolute Gasteiger partial charge is 0.354 e. The van der Waals surface area contributed by atoms with Crippen LogP contribution in [0.1, 0.15) is 61.8 Å². The monoisotopic (exact) mass is 515 g/mol. The lowest BCUT2D eigenvalue weighted by molar-refractivity contribution is -0.141. The zero-order valence-electron chi connectivity index (χ0n) is 22.5. The highest BCUT2D eigenvalue weighted by Gasteiger charge is 2.28. The minimum Gasteiger partial charge on any atom is -0.354 e.